The Kier molecular flexibility index (Phi) is 3.46. The van der Waals surface area contributed by atoms with Gasteiger partial charge in [0.25, 0.3) is 0 Å². The summed E-state index contributed by atoms with van der Waals surface area (Å²) in [5.41, 5.74) is 0.482. The lowest BCUT2D eigenvalue weighted by Gasteiger charge is -2.11. The zero-order chi connectivity index (χ0) is 14.0. The van der Waals surface area contributed by atoms with Gasteiger partial charge in [0, 0.05) is 0 Å². The summed E-state index contributed by atoms with van der Waals surface area (Å²) in [6, 6.07) is 8.00. The molecule has 0 saturated heterocycles. The molecular weight excluding hydrogens is 252 g/mol. The Morgan fingerprint density at radius 3 is 2.37 bits per heavy atom. The van der Waals surface area contributed by atoms with Crippen molar-refractivity contribution in [3.05, 3.63) is 59.2 Å². The number of carboxylic acid groups (broad SMARTS) is 1. The summed E-state index contributed by atoms with van der Waals surface area (Å²) < 4.78 is 27.0. The van der Waals surface area contributed by atoms with E-state index in [2.05, 4.69) is 5.32 Å². The van der Waals surface area contributed by atoms with E-state index in [1.807, 2.05) is 0 Å². The van der Waals surface area contributed by atoms with Gasteiger partial charge in [-0.1, -0.05) is 17.7 Å². The van der Waals surface area contributed by atoms with Gasteiger partial charge in [0.15, 0.2) is 0 Å². The molecule has 2 aromatic carbocycles. The van der Waals surface area contributed by atoms with Crippen molar-refractivity contribution in [1.29, 1.82) is 0 Å². The van der Waals surface area contributed by atoms with Crippen molar-refractivity contribution in [3.63, 3.8) is 0 Å². The fourth-order valence-electron chi connectivity index (χ4n) is 1.70. The molecule has 0 heterocycles. The van der Waals surface area contributed by atoms with Crippen LogP contribution in [0.25, 0.3) is 0 Å². The van der Waals surface area contributed by atoms with Crippen LogP contribution in [0.1, 0.15) is 15.9 Å². The normalized spacial score (nSPS) is 10.3. The molecule has 0 unspecified atom stereocenters. The lowest BCUT2D eigenvalue weighted by atomic mass is 10.1. The quantitative estimate of drug-likeness (QED) is 0.887. The summed E-state index contributed by atoms with van der Waals surface area (Å²) >= 11 is 0. The minimum Gasteiger partial charge on any atom is -0.478 e. The number of rotatable bonds is 3. The Hall–Kier alpha value is -2.43. The molecule has 0 saturated carbocycles. The van der Waals surface area contributed by atoms with Crippen LogP contribution in [0.5, 0.6) is 0 Å². The standard InChI is InChI=1S/C14H11F2NO2/c1-8-5-6-12(9(7-8)14(18)19)17-13-10(15)3-2-4-11(13)16/h2-7,17H,1H3,(H,18,19). The Morgan fingerprint density at radius 2 is 1.79 bits per heavy atom. The zero-order valence-electron chi connectivity index (χ0n) is 10.1. The first kappa shape index (κ1) is 13.0. The van der Waals surface area contributed by atoms with Gasteiger partial charge in [-0.05, 0) is 31.2 Å². The molecule has 2 aromatic rings. The fraction of sp³-hybridized carbons (Fsp3) is 0.0714. The molecule has 2 rings (SSSR count). The van der Waals surface area contributed by atoms with Crippen molar-refractivity contribution < 1.29 is 18.7 Å². The van der Waals surface area contributed by atoms with Crippen LogP contribution in [-0.2, 0) is 0 Å². The fourth-order valence-corrected chi connectivity index (χ4v) is 1.70. The highest BCUT2D eigenvalue weighted by atomic mass is 19.1. The molecule has 98 valence electrons. The lowest BCUT2D eigenvalue weighted by Crippen LogP contribution is -2.05. The smallest absolute Gasteiger partial charge is 0.337 e. The molecule has 0 bridgehead atoms. The van der Waals surface area contributed by atoms with Crippen molar-refractivity contribution in [1.82, 2.24) is 0 Å². The highest BCUT2D eigenvalue weighted by molar-refractivity contribution is 5.95. The van der Waals surface area contributed by atoms with E-state index in [0.717, 1.165) is 17.7 Å². The summed E-state index contributed by atoms with van der Waals surface area (Å²) in [5, 5.41) is 11.6. The average molecular weight is 263 g/mol. The second-order valence-corrected chi connectivity index (χ2v) is 4.08. The molecule has 0 aliphatic carbocycles. The minimum atomic E-state index is -1.16. The monoisotopic (exact) mass is 263 g/mol. The molecule has 19 heavy (non-hydrogen) atoms. The topological polar surface area (TPSA) is 49.3 Å². The highest BCUT2D eigenvalue weighted by Crippen LogP contribution is 2.26. The largest absolute Gasteiger partial charge is 0.478 e. The van der Waals surface area contributed by atoms with Crippen LogP contribution in [0.2, 0.25) is 0 Å². The number of carboxylic acids is 1. The van der Waals surface area contributed by atoms with Gasteiger partial charge < -0.3 is 10.4 Å². The van der Waals surface area contributed by atoms with Gasteiger partial charge in [-0.2, -0.15) is 0 Å². The van der Waals surface area contributed by atoms with Gasteiger partial charge in [0.05, 0.1) is 11.3 Å². The average Bonchev–Trinajstić information content (AvgIpc) is 2.35. The van der Waals surface area contributed by atoms with Gasteiger partial charge >= 0.3 is 5.97 Å². The van der Waals surface area contributed by atoms with Crippen molar-refractivity contribution in [2.45, 2.75) is 6.92 Å². The van der Waals surface area contributed by atoms with E-state index in [9.17, 15) is 13.6 Å². The maximum absolute atomic E-state index is 13.5. The van der Waals surface area contributed by atoms with Crippen molar-refractivity contribution in [2.75, 3.05) is 5.32 Å². The maximum atomic E-state index is 13.5. The predicted octanol–water partition coefficient (Wildman–Crippen LogP) is 3.72. The number of hydrogen-bond donors (Lipinski definition) is 2. The van der Waals surface area contributed by atoms with Gasteiger partial charge in [-0.3, -0.25) is 0 Å². The van der Waals surface area contributed by atoms with Crippen LogP contribution in [-0.4, -0.2) is 11.1 Å². The van der Waals surface area contributed by atoms with Gasteiger partial charge in [-0.15, -0.1) is 0 Å². The van der Waals surface area contributed by atoms with Crippen LogP contribution in [0.15, 0.2) is 36.4 Å². The second-order valence-electron chi connectivity index (χ2n) is 4.08. The third-order valence-corrected chi connectivity index (χ3v) is 2.63. The van der Waals surface area contributed by atoms with Gasteiger partial charge in [0.1, 0.15) is 17.3 Å². The van der Waals surface area contributed by atoms with E-state index in [1.54, 1.807) is 13.0 Å². The Morgan fingerprint density at radius 1 is 1.16 bits per heavy atom. The number of benzene rings is 2. The predicted molar refractivity (Wildman–Crippen MR) is 67.8 cm³/mol. The number of nitrogens with one attached hydrogen (secondary N) is 1. The van der Waals surface area contributed by atoms with E-state index >= 15 is 0 Å². The number of para-hydroxylation sites is 1. The first-order chi connectivity index (χ1) is 8.99. The van der Waals surface area contributed by atoms with E-state index < -0.39 is 17.6 Å². The van der Waals surface area contributed by atoms with Crippen molar-refractivity contribution in [2.24, 2.45) is 0 Å². The molecule has 0 atom stereocenters. The molecule has 0 aromatic heterocycles. The van der Waals surface area contributed by atoms with Crippen molar-refractivity contribution >= 4 is 17.3 Å². The summed E-state index contributed by atoms with van der Waals surface area (Å²) in [4.78, 5) is 11.1. The highest BCUT2D eigenvalue weighted by Gasteiger charge is 2.14. The van der Waals surface area contributed by atoms with E-state index in [4.69, 9.17) is 5.11 Å². The number of aromatic carboxylic acids is 1. The molecule has 0 fully saturated rings. The molecule has 0 spiro atoms. The van der Waals surface area contributed by atoms with Crippen LogP contribution < -0.4 is 5.32 Å². The van der Waals surface area contributed by atoms with Gasteiger partial charge in [0.2, 0.25) is 0 Å². The third-order valence-electron chi connectivity index (χ3n) is 2.63. The molecule has 2 N–H and O–H groups in total. The first-order valence-corrected chi connectivity index (χ1v) is 5.54. The summed E-state index contributed by atoms with van der Waals surface area (Å²) in [7, 11) is 0. The number of halogens is 2. The van der Waals surface area contributed by atoms with Crippen LogP contribution in [0, 0.1) is 18.6 Å². The van der Waals surface area contributed by atoms with E-state index in [-0.39, 0.29) is 16.9 Å². The minimum absolute atomic E-state index is 0.0392. The van der Waals surface area contributed by atoms with Crippen LogP contribution in [0.3, 0.4) is 0 Å². The molecule has 3 nitrogen and oxygen atoms in total. The summed E-state index contributed by atoms with van der Waals surface area (Å²) in [6.45, 7) is 1.74. The van der Waals surface area contributed by atoms with Crippen LogP contribution >= 0.6 is 0 Å². The van der Waals surface area contributed by atoms with Crippen molar-refractivity contribution in [3.8, 4) is 0 Å². The molecule has 0 radical (unpaired) electrons. The Labute approximate surface area is 108 Å². The molecular formula is C14H11F2NO2. The summed E-state index contributed by atoms with van der Waals surface area (Å²) in [6.07, 6.45) is 0. The SMILES string of the molecule is Cc1ccc(Nc2c(F)cccc2F)c(C(=O)O)c1. The number of carbonyl (C=O) groups is 1. The van der Waals surface area contributed by atoms with Crippen LogP contribution in [0.4, 0.5) is 20.2 Å². The number of hydrogen-bond acceptors (Lipinski definition) is 2. The molecule has 0 aliphatic rings. The first-order valence-electron chi connectivity index (χ1n) is 5.54. The molecule has 0 amide bonds. The molecule has 5 heteroatoms. The number of aryl methyl sites for hydroxylation is 1. The molecule has 0 aliphatic heterocycles. The van der Waals surface area contributed by atoms with E-state index in [0.29, 0.717) is 0 Å². The number of anilines is 2. The zero-order valence-corrected chi connectivity index (χ0v) is 10.1. The van der Waals surface area contributed by atoms with Gasteiger partial charge in [-0.25, -0.2) is 13.6 Å². The maximum Gasteiger partial charge on any atom is 0.337 e. The Balaban J connectivity index is 2.47. The lowest BCUT2D eigenvalue weighted by molar-refractivity contribution is 0.0698. The second kappa shape index (κ2) is 5.06. The van der Waals surface area contributed by atoms with E-state index in [1.165, 1.54) is 18.2 Å². The third kappa shape index (κ3) is 2.70. The summed E-state index contributed by atoms with van der Waals surface area (Å²) in [5.74, 6) is -2.73. The Bertz CT molecular complexity index is 621.